The van der Waals surface area contributed by atoms with Crippen LogP contribution in [-0.2, 0) is 13.1 Å². The summed E-state index contributed by atoms with van der Waals surface area (Å²) in [5.41, 5.74) is 1.26. The Morgan fingerprint density at radius 1 is 1.17 bits per heavy atom. The highest BCUT2D eigenvalue weighted by molar-refractivity contribution is 5.84. The first-order chi connectivity index (χ1) is 8.93. The number of nitrogens with one attached hydrogen (secondary N) is 2. The monoisotopic (exact) mass is 239 g/mol. The van der Waals surface area contributed by atoms with E-state index < -0.39 is 0 Å². The van der Waals surface area contributed by atoms with Gasteiger partial charge in [0.25, 0.3) is 0 Å². The van der Waals surface area contributed by atoms with Gasteiger partial charge in [0.1, 0.15) is 12.2 Å². The van der Waals surface area contributed by atoms with E-state index in [9.17, 15) is 0 Å². The predicted molar refractivity (Wildman–Crippen MR) is 68.7 cm³/mol. The molecule has 0 aliphatic rings. The normalized spacial score (nSPS) is 10.9. The molecule has 0 radical (unpaired) electrons. The third-order valence-electron chi connectivity index (χ3n) is 2.84. The summed E-state index contributed by atoms with van der Waals surface area (Å²) < 4.78 is 0. The Balaban J connectivity index is 1.74. The van der Waals surface area contributed by atoms with Crippen molar-refractivity contribution in [2.45, 2.75) is 13.1 Å². The van der Waals surface area contributed by atoms with Gasteiger partial charge < -0.3 is 5.32 Å². The lowest BCUT2D eigenvalue weighted by Gasteiger charge is -2.06. The van der Waals surface area contributed by atoms with Crippen LogP contribution in [0.5, 0.6) is 0 Å². The molecule has 5 heteroatoms. The van der Waals surface area contributed by atoms with E-state index in [0.717, 1.165) is 17.8 Å². The zero-order valence-electron chi connectivity index (χ0n) is 9.80. The van der Waals surface area contributed by atoms with Gasteiger partial charge in [0.2, 0.25) is 0 Å². The molecular formula is C13H13N5. The van der Waals surface area contributed by atoms with Crippen LogP contribution in [0.15, 0.2) is 43.0 Å². The van der Waals surface area contributed by atoms with E-state index in [1.165, 1.54) is 17.3 Å². The number of fused-ring (bicyclic) bond motifs is 1. The van der Waals surface area contributed by atoms with Crippen LogP contribution in [0.4, 0.5) is 0 Å². The highest BCUT2D eigenvalue weighted by atomic mass is 15.2. The van der Waals surface area contributed by atoms with Gasteiger partial charge in [-0.05, 0) is 17.0 Å². The number of H-pyrrole nitrogens is 1. The number of aromatic nitrogens is 4. The van der Waals surface area contributed by atoms with Gasteiger partial charge >= 0.3 is 0 Å². The Kier molecular flexibility index (Phi) is 2.97. The Morgan fingerprint density at radius 3 is 3.06 bits per heavy atom. The Labute approximate surface area is 104 Å². The molecule has 0 saturated heterocycles. The van der Waals surface area contributed by atoms with Gasteiger partial charge in [-0.2, -0.15) is 5.10 Å². The van der Waals surface area contributed by atoms with Crippen molar-refractivity contribution in [2.24, 2.45) is 0 Å². The van der Waals surface area contributed by atoms with E-state index in [1.54, 1.807) is 0 Å². The minimum absolute atomic E-state index is 0.682. The smallest absolute Gasteiger partial charge is 0.138 e. The number of hydrogen-bond acceptors (Lipinski definition) is 4. The molecule has 2 heterocycles. The van der Waals surface area contributed by atoms with Crippen LogP contribution in [0, 0.1) is 0 Å². The molecule has 2 N–H and O–H groups in total. The summed E-state index contributed by atoms with van der Waals surface area (Å²) in [5, 5.41) is 12.4. The summed E-state index contributed by atoms with van der Waals surface area (Å²) in [6.07, 6.45) is 5.22. The average Bonchev–Trinajstić information content (AvgIpc) is 2.92. The van der Waals surface area contributed by atoms with E-state index in [0.29, 0.717) is 6.54 Å². The first kappa shape index (κ1) is 10.9. The lowest BCUT2D eigenvalue weighted by Crippen LogP contribution is -2.14. The molecular weight excluding hydrogens is 226 g/mol. The van der Waals surface area contributed by atoms with Gasteiger partial charge in [-0.3, -0.25) is 10.1 Å². The van der Waals surface area contributed by atoms with Crippen LogP contribution in [0.3, 0.4) is 0 Å². The van der Waals surface area contributed by atoms with Crippen LogP contribution < -0.4 is 5.32 Å². The van der Waals surface area contributed by atoms with Crippen molar-refractivity contribution in [3.63, 3.8) is 0 Å². The van der Waals surface area contributed by atoms with E-state index in [4.69, 9.17) is 0 Å². The minimum atomic E-state index is 0.682. The fourth-order valence-corrected chi connectivity index (χ4v) is 1.98. The molecule has 3 rings (SSSR count). The number of benzene rings is 1. The molecule has 0 atom stereocenters. The summed E-state index contributed by atoms with van der Waals surface area (Å²) in [6.45, 7) is 1.48. The van der Waals surface area contributed by atoms with Crippen molar-refractivity contribution in [3.8, 4) is 0 Å². The maximum absolute atomic E-state index is 4.13. The summed E-state index contributed by atoms with van der Waals surface area (Å²) in [5.74, 6) is 0.844. The zero-order chi connectivity index (χ0) is 12.2. The average molecular weight is 239 g/mol. The molecule has 0 spiro atoms. The minimum Gasteiger partial charge on any atom is -0.306 e. The number of nitrogens with zero attached hydrogens (tertiary/aromatic N) is 3. The number of aromatic amines is 1. The van der Waals surface area contributed by atoms with Crippen molar-refractivity contribution in [3.05, 3.63) is 54.4 Å². The molecule has 1 aromatic carbocycles. The lowest BCUT2D eigenvalue weighted by atomic mass is 10.1. The summed E-state index contributed by atoms with van der Waals surface area (Å²) >= 11 is 0. The fourth-order valence-electron chi connectivity index (χ4n) is 1.98. The largest absolute Gasteiger partial charge is 0.306 e. The first-order valence-electron chi connectivity index (χ1n) is 5.80. The topological polar surface area (TPSA) is 66.5 Å². The molecule has 18 heavy (non-hydrogen) atoms. The van der Waals surface area contributed by atoms with E-state index in [2.05, 4.69) is 43.7 Å². The second-order valence-corrected chi connectivity index (χ2v) is 4.05. The molecule has 5 nitrogen and oxygen atoms in total. The summed E-state index contributed by atoms with van der Waals surface area (Å²) in [4.78, 5) is 8.20. The van der Waals surface area contributed by atoms with E-state index >= 15 is 0 Å². The van der Waals surface area contributed by atoms with Gasteiger partial charge in [-0.1, -0.05) is 18.2 Å². The lowest BCUT2D eigenvalue weighted by molar-refractivity contribution is 0.667. The van der Waals surface area contributed by atoms with Crippen LogP contribution in [-0.4, -0.2) is 20.2 Å². The molecule has 0 unspecified atom stereocenters. The second kappa shape index (κ2) is 4.93. The van der Waals surface area contributed by atoms with Crippen molar-refractivity contribution in [1.82, 2.24) is 25.5 Å². The van der Waals surface area contributed by atoms with E-state index in [-0.39, 0.29) is 0 Å². The maximum Gasteiger partial charge on any atom is 0.138 e. The van der Waals surface area contributed by atoms with Gasteiger partial charge in [0.05, 0.1) is 6.54 Å². The third kappa shape index (κ3) is 2.21. The van der Waals surface area contributed by atoms with Gasteiger partial charge in [-0.25, -0.2) is 4.98 Å². The predicted octanol–water partition coefficient (Wildman–Crippen LogP) is 1.64. The molecule has 0 fully saturated rings. The van der Waals surface area contributed by atoms with Crippen LogP contribution in [0.1, 0.15) is 11.4 Å². The highest BCUT2D eigenvalue weighted by Gasteiger charge is 2.01. The Morgan fingerprint density at radius 2 is 2.17 bits per heavy atom. The molecule has 2 aromatic heterocycles. The summed E-state index contributed by atoms with van der Waals surface area (Å²) in [6, 6.07) is 8.29. The van der Waals surface area contributed by atoms with Crippen LogP contribution >= 0.6 is 0 Å². The van der Waals surface area contributed by atoms with Crippen molar-refractivity contribution in [1.29, 1.82) is 0 Å². The standard InChI is InChI=1S/C13H13N5/c1-2-10-6-14-5-4-12(10)11(3-1)7-15-8-13-16-9-17-18-13/h1-6,9,15H,7-8H2,(H,16,17,18). The third-order valence-corrected chi connectivity index (χ3v) is 2.84. The second-order valence-electron chi connectivity index (χ2n) is 4.05. The SMILES string of the molecule is c1cc(CNCc2ncn[nH]2)c2ccncc2c1. The molecule has 0 amide bonds. The first-order valence-corrected chi connectivity index (χ1v) is 5.80. The number of pyridine rings is 1. The highest BCUT2D eigenvalue weighted by Crippen LogP contribution is 2.17. The quantitative estimate of drug-likeness (QED) is 0.726. The van der Waals surface area contributed by atoms with Crippen LogP contribution in [0.25, 0.3) is 10.8 Å². The molecule has 0 aliphatic carbocycles. The Bertz CT molecular complexity index is 627. The van der Waals surface area contributed by atoms with Crippen molar-refractivity contribution < 1.29 is 0 Å². The molecule has 0 aliphatic heterocycles. The van der Waals surface area contributed by atoms with Crippen molar-refractivity contribution >= 4 is 10.8 Å². The molecule has 0 saturated carbocycles. The summed E-state index contributed by atoms with van der Waals surface area (Å²) in [7, 11) is 0. The van der Waals surface area contributed by atoms with Gasteiger partial charge in [0.15, 0.2) is 0 Å². The fraction of sp³-hybridized carbons (Fsp3) is 0.154. The number of rotatable bonds is 4. The number of hydrogen-bond donors (Lipinski definition) is 2. The zero-order valence-corrected chi connectivity index (χ0v) is 9.80. The Hall–Kier alpha value is -2.27. The van der Waals surface area contributed by atoms with Crippen molar-refractivity contribution in [2.75, 3.05) is 0 Å². The molecule has 3 aromatic rings. The maximum atomic E-state index is 4.13. The van der Waals surface area contributed by atoms with Gasteiger partial charge in [0, 0.05) is 24.3 Å². The van der Waals surface area contributed by atoms with Crippen LogP contribution in [0.2, 0.25) is 0 Å². The van der Waals surface area contributed by atoms with Gasteiger partial charge in [-0.15, -0.1) is 0 Å². The van der Waals surface area contributed by atoms with E-state index in [1.807, 2.05) is 18.5 Å². The molecule has 0 bridgehead atoms. The molecule has 90 valence electrons.